The minimum atomic E-state index is 0. The molecule has 2 aliphatic rings. The Labute approximate surface area is 243 Å². The molecule has 0 radical (unpaired) electrons. The highest BCUT2D eigenvalue weighted by atomic mass is 14.1. The van der Waals surface area contributed by atoms with E-state index in [1.54, 1.807) is 0 Å². The third-order valence-corrected chi connectivity index (χ3v) is 5.84. The Hall–Kier alpha value is -3.12. The molecule has 0 saturated heterocycles. The highest BCUT2D eigenvalue weighted by molar-refractivity contribution is 5.47. The van der Waals surface area contributed by atoms with Crippen molar-refractivity contribution in [2.75, 3.05) is 0 Å². The first-order valence-corrected chi connectivity index (χ1v) is 14.4. The van der Waals surface area contributed by atoms with Crippen LogP contribution in [0, 0.1) is 5.41 Å². The molecule has 2 aromatic carbocycles. The van der Waals surface area contributed by atoms with E-state index < -0.39 is 0 Å². The highest BCUT2D eigenvalue weighted by Crippen LogP contribution is 2.20. The first-order chi connectivity index (χ1) is 18.3. The summed E-state index contributed by atoms with van der Waals surface area (Å²) in [5.74, 6) is 0. The Kier molecular flexibility index (Phi) is 24.5. The third-order valence-electron chi connectivity index (χ3n) is 5.84. The lowest BCUT2D eigenvalue weighted by Gasteiger charge is -2.16. The molecule has 2 aromatic rings. The van der Waals surface area contributed by atoms with Crippen LogP contribution < -0.4 is 0 Å². The summed E-state index contributed by atoms with van der Waals surface area (Å²) in [5, 5.41) is 0. The molecule has 0 bridgehead atoms. The van der Waals surface area contributed by atoms with Crippen molar-refractivity contribution < 1.29 is 0 Å². The van der Waals surface area contributed by atoms with Crippen LogP contribution in [0.5, 0.6) is 0 Å². The quantitative estimate of drug-likeness (QED) is 0.351. The van der Waals surface area contributed by atoms with Crippen LogP contribution in [0.25, 0.3) is 12.2 Å². The molecule has 0 saturated carbocycles. The summed E-state index contributed by atoms with van der Waals surface area (Å²) in [7, 11) is 0. The van der Waals surface area contributed by atoms with Gasteiger partial charge in [0, 0.05) is 0 Å². The average Bonchev–Trinajstić information content (AvgIpc) is 3.72. The van der Waals surface area contributed by atoms with Crippen LogP contribution in [-0.4, -0.2) is 0 Å². The fraction of sp³-hybridized carbons (Fsp3) is 0.385. The van der Waals surface area contributed by atoms with E-state index in [1.807, 2.05) is 12.2 Å². The van der Waals surface area contributed by atoms with E-state index in [-0.39, 0.29) is 7.43 Å². The second kappa shape index (κ2) is 25.2. The van der Waals surface area contributed by atoms with Gasteiger partial charge < -0.3 is 0 Å². The fourth-order valence-corrected chi connectivity index (χ4v) is 3.27. The van der Waals surface area contributed by atoms with Gasteiger partial charge in [0.05, 0.1) is 0 Å². The van der Waals surface area contributed by atoms with Crippen LogP contribution in [0.1, 0.15) is 103 Å². The molecule has 39 heavy (non-hydrogen) atoms. The normalized spacial score (nSPS) is 11.7. The molecule has 0 spiro atoms. The number of benzene rings is 2. The Morgan fingerprint density at radius 1 is 0.615 bits per heavy atom. The molecule has 0 aliphatic heterocycles. The molecule has 0 nitrogen and oxygen atoms in total. The summed E-state index contributed by atoms with van der Waals surface area (Å²) in [6, 6.07) is 16.9. The van der Waals surface area contributed by atoms with Crippen LogP contribution in [0.3, 0.4) is 0 Å². The Morgan fingerprint density at radius 3 is 1.10 bits per heavy atom. The van der Waals surface area contributed by atoms with Gasteiger partial charge in [-0.15, -0.1) is 0 Å². The maximum Gasteiger partial charge on any atom is -0.0163 e. The molecule has 0 atom stereocenters. The van der Waals surface area contributed by atoms with Crippen molar-refractivity contribution in [3.63, 3.8) is 0 Å². The van der Waals surface area contributed by atoms with Gasteiger partial charge in [-0.2, -0.15) is 0 Å². The van der Waals surface area contributed by atoms with Crippen LogP contribution in [0.15, 0.2) is 110 Å². The first-order valence-electron chi connectivity index (χ1n) is 14.4. The minimum Gasteiger partial charge on any atom is -0.0985 e. The van der Waals surface area contributed by atoms with Crippen molar-refractivity contribution in [1.82, 2.24) is 0 Å². The molecular weight excluding hydrogens is 468 g/mol. The molecule has 0 amide bonds. The van der Waals surface area contributed by atoms with Gasteiger partial charge in [0.1, 0.15) is 0 Å². The van der Waals surface area contributed by atoms with Crippen molar-refractivity contribution in [1.29, 1.82) is 0 Å². The van der Waals surface area contributed by atoms with Gasteiger partial charge in [0.25, 0.3) is 0 Å². The molecule has 214 valence electrons. The maximum atomic E-state index is 3.69. The number of allylic oxidation sites excluding steroid dienone is 8. The van der Waals surface area contributed by atoms with Gasteiger partial charge in [-0.25, -0.2) is 0 Å². The number of hydrogen-bond acceptors (Lipinski definition) is 0. The summed E-state index contributed by atoms with van der Waals surface area (Å²) >= 11 is 0. The van der Waals surface area contributed by atoms with Crippen molar-refractivity contribution in [3.8, 4) is 0 Å². The highest BCUT2D eigenvalue weighted by Gasteiger charge is 2.07. The summed E-state index contributed by atoms with van der Waals surface area (Å²) in [5.41, 5.74) is 5.70. The third kappa shape index (κ3) is 23.7. The van der Waals surface area contributed by atoms with Gasteiger partial charge in [-0.1, -0.05) is 184 Å². The summed E-state index contributed by atoms with van der Waals surface area (Å²) in [6.07, 6.45) is 29.0. The molecule has 0 N–H and O–H groups in total. The minimum absolute atomic E-state index is 0. The number of aryl methyl sites for hydroxylation is 2. The summed E-state index contributed by atoms with van der Waals surface area (Å²) in [6.45, 7) is 20.8. The van der Waals surface area contributed by atoms with Crippen molar-refractivity contribution in [3.05, 3.63) is 133 Å². The van der Waals surface area contributed by atoms with Crippen LogP contribution >= 0.6 is 0 Å². The SMILES string of the molecule is C.C1=CCC=C1.C1=CCC=C1.C=Cc1ccc(CC)cc1.C=Cc1ccc(CC)cc1.CCCCC(C)(C)C. The molecule has 0 fully saturated rings. The van der Waals surface area contributed by atoms with Crippen molar-refractivity contribution >= 4 is 12.2 Å². The molecule has 0 unspecified atom stereocenters. The van der Waals surface area contributed by atoms with Crippen molar-refractivity contribution in [2.45, 2.75) is 93.9 Å². The van der Waals surface area contributed by atoms with Crippen LogP contribution in [0.4, 0.5) is 0 Å². The van der Waals surface area contributed by atoms with Crippen molar-refractivity contribution in [2.24, 2.45) is 5.41 Å². The fourth-order valence-electron chi connectivity index (χ4n) is 3.27. The molecule has 2 aliphatic carbocycles. The van der Waals surface area contributed by atoms with Gasteiger partial charge in [0.15, 0.2) is 0 Å². The van der Waals surface area contributed by atoms with Crippen LogP contribution in [-0.2, 0) is 12.8 Å². The van der Waals surface area contributed by atoms with Crippen LogP contribution in [0.2, 0.25) is 0 Å². The maximum absolute atomic E-state index is 3.69. The standard InChI is InChI=1S/2C10H12.C8H18.2C5H6.CH4/c2*1-3-9-5-7-10(4-2)8-6-9;1-5-6-7-8(2,3)4;2*1-2-4-5-3-1;/h2*3,5-8H,1,4H2,2H3;5-7H2,1-4H3;2*1-4H,5H2;1H4. The second-order valence-electron chi connectivity index (χ2n) is 10.4. The topological polar surface area (TPSA) is 0 Å². The molecule has 0 heteroatoms. The summed E-state index contributed by atoms with van der Waals surface area (Å²) < 4.78 is 0. The lowest BCUT2D eigenvalue weighted by atomic mass is 9.90. The number of hydrogen-bond donors (Lipinski definition) is 0. The van der Waals surface area contributed by atoms with E-state index in [0.717, 1.165) is 25.7 Å². The van der Waals surface area contributed by atoms with E-state index in [0.29, 0.717) is 5.41 Å². The predicted octanol–water partition coefficient (Wildman–Crippen LogP) is 12.6. The Bertz CT molecular complexity index is 861. The van der Waals surface area contributed by atoms with E-state index >= 15 is 0 Å². The van der Waals surface area contributed by atoms with E-state index in [1.165, 1.54) is 41.5 Å². The number of rotatable bonds is 6. The van der Waals surface area contributed by atoms with Gasteiger partial charge in [0.2, 0.25) is 0 Å². The predicted molar refractivity (Wildman–Crippen MR) is 183 cm³/mol. The lowest BCUT2D eigenvalue weighted by molar-refractivity contribution is 0.363. The van der Waals surface area contributed by atoms with Gasteiger partial charge in [-0.3, -0.25) is 0 Å². The summed E-state index contributed by atoms with van der Waals surface area (Å²) in [4.78, 5) is 0. The lowest BCUT2D eigenvalue weighted by Crippen LogP contribution is -2.03. The molecular formula is C39H58. The Morgan fingerprint density at radius 2 is 0.949 bits per heavy atom. The zero-order chi connectivity index (χ0) is 28.5. The molecule has 0 heterocycles. The smallest absolute Gasteiger partial charge is 0.0163 e. The monoisotopic (exact) mass is 526 g/mol. The van der Waals surface area contributed by atoms with E-state index in [2.05, 4.69) is 152 Å². The largest absolute Gasteiger partial charge is 0.0985 e. The molecule has 0 aromatic heterocycles. The van der Waals surface area contributed by atoms with Gasteiger partial charge in [-0.05, 0) is 59.8 Å². The van der Waals surface area contributed by atoms with E-state index in [9.17, 15) is 0 Å². The molecule has 4 rings (SSSR count). The number of unbranched alkanes of at least 4 members (excludes halogenated alkanes) is 1. The van der Waals surface area contributed by atoms with E-state index in [4.69, 9.17) is 0 Å². The second-order valence-corrected chi connectivity index (χ2v) is 10.4. The zero-order valence-electron chi connectivity index (χ0n) is 25.3. The Balaban J connectivity index is 0. The first kappa shape index (κ1) is 38.0. The zero-order valence-corrected chi connectivity index (χ0v) is 25.3. The van der Waals surface area contributed by atoms with Gasteiger partial charge >= 0.3 is 0 Å². The average molecular weight is 527 g/mol.